The Balaban J connectivity index is 2.56. The van der Waals surface area contributed by atoms with Crippen molar-refractivity contribution in [3.05, 3.63) is 23.8 Å². The van der Waals surface area contributed by atoms with Gasteiger partial charge in [-0.15, -0.1) is 0 Å². The second kappa shape index (κ2) is 7.65. The van der Waals surface area contributed by atoms with Gasteiger partial charge in [0.15, 0.2) is 11.5 Å². The number of rotatable bonds is 6. The summed E-state index contributed by atoms with van der Waals surface area (Å²) in [6, 6.07) is 2.88. The first-order valence-electron chi connectivity index (χ1n) is 7.15. The maximum atomic E-state index is 12.9. The first-order valence-corrected chi connectivity index (χ1v) is 8.59. The number of hydrogen-bond acceptors (Lipinski definition) is 6. The number of carbonyl (C=O) groups is 1. The molecule has 2 rings (SSSR count). The van der Waals surface area contributed by atoms with Crippen LogP contribution in [0.3, 0.4) is 0 Å². The minimum atomic E-state index is -3.83. The van der Waals surface area contributed by atoms with Crippen molar-refractivity contribution in [2.24, 2.45) is 0 Å². The van der Waals surface area contributed by atoms with Crippen LogP contribution < -0.4 is 9.47 Å². The Hall–Kier alpha value is -2.10. The quantitative estimate of drug-likeness (QED) is 0.752. The average Bonchev–Trinajstić information content (AvgIpc) is 2.59. The van der Waals surface area contributed by atoms with Gasteiger partial charge in [-0.3, -0.25) is 0 Å². The highest BCUT2D eigenvalue weighted by Crippen LogP contribution is 2.37. The molecule has 132 valence electrons. The molecule has 9 heteroatoms. The molecular weight excluding hydrogens is 338 g/mol. The van der Waals surface area contributed by atoms with Gasteiger partial charge in [0.1, 0.15) is 4.90 Å². The van der Waals surface area contributed by atoms with Gasteiger partial charge < -0.3 is 19.3 Å². The molecule has 0 unspecified atom stereocenters. The standard InChI is InChI=1S/C15H19NO7S/c1-21-12-9-11(3-4-14(17)18)10-13(15(12)22-2)24(19,20)16-5-7-23-8-6-16/h3-4,9-10H,5-8H2,1-2H3,(H,17,18)/b4-3+. The number of hydrogen-bond donors (Lipinski definition) is 1. The van der Waals surface area contributed by atoms with Gasteiger partial charge in [0, 0.05) is 19.2 Å². The van der Waals surface area contributed by atoms with E-state index in [0.29, 0.717) is 18.8 Å². The zero-order valence-corrected chi connectivity index (χ0v) is 14.2. The van der Waals surface area contributed by atoms with Crippen LogP contribution >= 0.6 is 0 Å². The number of methoxy groups -OCH3 is 2. The largest absolute Gasteiger partial charge is 0.493 e. The van der Waals surface area contributed by atoms with Gasteiger partial charge in [0.05, 0.1) is 27.4 Å². The molecule has 24 heavy (non-hydrogen) atoms. The van der Waals surface area contributed by atoms with E-state index in [0.717, 1.165) is 6.08 Å². The van der Waals surface area contributed by atoms with Crippen LogP contribution in [0.5, 0.6) is 11.5 Å². The zero-order valence-electron chi connectivity index (χ0n) is 13.4. The summed E-state index contributed by atoms with van der Waals surface area (Å²) in [5.74, 6) is -0.851. The van der Waals surface area contributed by atoms with Crippen molar-refractivity contribution in [2.75, 3.05) is 40.5 Å². The fourth-order valence-electron chi connectivity index (χ4n) is 2.33. The van der Waals surface area contributed by atoms with Crippen molar-refractivity contribution in [1.82, 2.24) is 4.31 Å². The van der Waals surface area contributed by atoms with Crippen molar-refractivity contribution in [1.29, 1.82) is 0 Å². The van der Waals surface area contributed by atoms with E-state index in [4.69, 9.17) is 19.3 Å². The number of carboxylic acid groups (broad SMARTS) is 1. The Kier molecular flexibility index (Phi) is 5.81. The van der Waals surface area contributed by atoms with Crippen LogP contribution in [0.1, 0.15) is 5.56 Å². The third kappa shape index (κ3) is 3.86. The SMILES string of the molecule is COc1cc(/C=C/C(=O)O)cc(S(=O)(=O)N2CCOCC2)c1OC. The summed E-state index contributed by atoms with van der Waals surface area (Å²) >= 11 is 0. The van der Waals surface area contributed by atoms with Crippen molar-refractivity contribution >= 4 is 22.1 Å². The number of carboxylic acids is 1. The van der Waals surface area contributed by atoms with Crippen LogP contribution in [-0.4, -0.2) is 64.3 Å². The molecule has 1 heterocycles. The van der Waals surface area contributed by atoms with E-state index in [1.54, 1.807) is 0 Å². The molecule has 0 amide bonds. The number of ether oxygens (including phenoxy) is 3. The van der Waals surface area contributed by atoms with E-state index in [9.17, 15) is 13.2 Å². The van der Waals surface area contributed by atoms with E-state index in [1.165, 1.54) is 36.7 Å². The third-order valence-corrected chi connectivity index (χ3v) is 5.38. The molecule has 0 saturated carbocycles. The lowest BCUT2D eigenvalue weighted by molar-refractivity contribution is -0.131. The Bertz CT molecular complexity index is 736. The second-order valence-electron chi connectivity index (χ2n) is 4.94. The lowest BCUT2D eigenvalue weighted by Gasteiger charge is -2.27. The molecule has 1 N–H and O–H groups in total. The molecule has 8 nitrogen and oxygen atoms in total. The van der Waals surface area contributed by atoms with Gasteiger partial charge in [0.25, 0.3) is 0 Å². The van der Waals surface area contributed by atoms with Crippen molar-refractivity contribution in [3.63, 3.8) is 0 Å². The molecule has 0 aliphatic carbocycles. The van der Waals surface area contributed by atoms with Gasteiger partial charge >= 0.3 is 5.97 Å². The Labute approximate surface area is 140 Å². The minimum Gasteiger partial charge on any atom is -0.493 e. The lowest BCUT2D eigenvalue weighted by Crippen LogP contribution is -2.40. The molecule has 1 aromatic rings. The summed E-state index contributed by atoms with van der Waals surface area (Å²) in [6.45, 7) is 1.11. The van der Waals surface area contributed by atoms with E-state index < -0.39 is 16.0 Å². The van der Waals surface area contributed by atoms with Crippen LogP contribution in [0, 0.1) is 0 Å². The molecule has 0 radical (unpaired) electrons. The zero-order chi connectivity index (χ0) is 17.7. The summed E-state index contributed by atoms with van der Waals surface area (Å²) in [7, 11) is -1.10. The second-order valence-corrected chi connectivity index (χ2v) is 6.85. The molecular formula is C15H19NO7S. The predicted octanol–water partition coefficient (Wildman–Crippen LogP) is 0.823. The summed E-state index contributed by atoms with van der Waals surface area (Å²) in [4.78, 5) is 10.6. The first kappa shape index (κ1) is 18.2. The van der Waals surface area contributed by atoms with Crippen molar-refractivity contribution in [2.45, 2.75) is 4.90 Å². The van der Waals surface area contributed by atoms with E-state index in [2.05, 4.69) is 0 Å². The summed E-state index contributed by atoms with van der Waals surface area (Å²) < 4.78 is 42.7. The third-order valence-electron chi connectivity index (χ3n) is 3.47. The fourth-order valence-corrected chi connectivity index (χ4v) is 3.94. The summed E-state index contributed by atoms with van der Waals surface area (Å²) in [6.07, 6.45) is 2.22. The Morgan fingerprint density at radius 1 is 1.25 bits per heavy atom. The van der Waals surface area contributed by atoms with E-state index >= 15 is 0 Å². The average molecular weight is 357 g/mol. The van der Waals surface area contributed by atoms with Crippen LogP contribution in [-0.2, 0) is 19.6 Å². The summed E-state index contributed by atoms with van der Waals surface area (Å²) in [5.41, 5.74) is 0.377. The lowest BCUT2D eigenvalue weighted by atomic mass is 10.2. The molecule has 1 aliphatic rings. The van der Waals surface area contributed by atoms with Crippen LogP contribution in [0.25, 0.3) is 6.08 Å². The molecule has 1 fully saturated rings. The van der Waals surface area contributed by atoms with Crippen LogP contribution in [0.15, 0.2) is 23.1 Å². The van der Waals surface area contributed by atoms with Crippen molar-refractivity contribution < 1.29 is 32.5 Å². The predicted molar refractivity (Wildman–Crippen MR) is 85.8 cm³/mol. The molecule has 0 spiro atoms. The van der Waals surface area contributed by atoms with Crippen LogP contribution in [0.4, 0.5) is 0 Å². The number of aliphatic carboxylic acids is 1. The highest BCUT2D eigenvalue weighted by Gasteiger charge is 2.31. The van der Waals surface area contributed by atoms with E-state index in [1.807, 2.05) is 0 Å². The van der Waals surface area contributed by atoms with Gasteiger partial charge in [-0.1, -0.05) is 0 Å². The number of benzene rings is 1. The van der Waals surface area contributed by atoms with Gasteiger partial charge in [-0.25, -0.2) is 13.2 Å². The highest BCUT2D eigenvalue weighted by molar-refractivity contribution is 7.89. The molecule has 1 saturated heterocycles. The Morgan fingerprint density at radius 3 is 2.46 bits per heavy atom. The Morgan fingerprint density at radius 2 is 1.92 bits per heavy atom. The monoisotopic (exact) mass is 357 g/mol. The smallest absolute Gasteiger partial charge is 0.328 e. The van der Waals surface area contributed by atoms with Gasteiger partial charge in [-0.2, -0.15) is 4.31 Å². The molecule has 0 aromatic heterocycles. The molecule has 1 aromatic carbocycles. The van der Waals surface area contributed by atoms with Gasteiger partial charge in [-0.05, 0) is 23.8 Å². The van der Waals surface area contributed by atoms with Crippen LogP contribution in [0.2, 0.25) is 0 Å². The molecule has 0 bridgehead atoms. The molecule has 1 aliphatic heterocycles. The minimum absolute atomic E-state index is 0.0729. The number of nitrogens with zero attached hydrogens (tertiary/aromatic N) is 1. The van der Waals surface area contributed by atoms with Gasteiger partial charge in [0.2, 0.25) is 10.0 Å². The normalized spacial score (nSPS) is 16.2. The highest BCUT2D eigenvalue weighted by atomic mass is 32.2. The van der Waals surface area contributed by atoms with Crippen molar-refractivity contribution in [3.8, 4) is 11.5 Å². The first-order chi connectivity index (χ1) is 11.4. The maximum Gasteiger partial charge on any atom is 0.328 e. The fraction of sp³-hybridized carbons (Fsp3) is 0.400. The van der Waals surface area contributed by atoms with E-state index in [-0.39, 0.29) is 29.5 Å². The number of morpholine rings is 1. The topological polar surface area (TPSA) is 102 Å². The summed E-state index contributed by atoms with van der Waals surface area (Å²) in [5, 5.41) is 8.75. The maximum absolute atomic E-state index is 12.9. The number of sulfonamides is 1. The molecule has 0 atom stereocenters.